The second-order valence-electron chi connectivity index (χ2n) is 3.72. The van der Waals surface area contributed by atoms with Crippen molar-refractivity contribution in [1.29, 1.82) is 0 Å². The SMILES string of the molecule is CCNC(=O)/C=C/c1ccc(NS(C)(=O)=O)cc1. The highest BCUT2D eigenvalue weighted by molar-refractivity contribution is 7.92. The Kier molecular flexibility index (Phi) is 4.91. The molecule has 0 saturated heterocycles. The first-order valence-electron chi connectivity index (χ1n) is 5.44. The number of rotatable bonds is 5. The maximum absolute atomic E-state index is 11.2. The van der Waals surface area contributed by atoms with E-state index in [1.54, 1.807) is 30.3 Å². The molecule has 0 aliphatic rings. The van der Waals surface area contributed by atoms with E-state index in [1.165, 1.54) is 6.08 Å². The van der Waals surface area contributed by atoms with Crippen LogP contribution in [0.2, 0.25) is 0 Å². The van der Waals surface area contributed by atoms with E-state index in [2.05, 4.69) is 10.0 Å². The molecule has 0 aliphatic heterocycles. The van der Waals surface area contributed by atoms with Crippen molar-refractivity contribution in [1.82, 2.24) is 5.32 Å². The van der Waals surface area contributed by atoms with Crippen molar-refractivity contribution in [2.75, 3.05) is 17.5 Å². The summed E-state index contributed by atoms with van der Waals surface area (Å²) in [4.78, 5) is 11.2. The predicted molar refractivity (Wildman–Crippen MR) is 72.6 cm³/mol. The summed E-state index contributed by atoms with van der Waals surface area (Å²) >= 11 is 0. The third kappa shape index (κ3) is 5.49. The van der Waals surface area contributed by atoms with Gasteiger partial charge in [-0.1, -0.05) is 12.1 Å². The quantitative estimate of drug-likeness (QED) is 0.788. The van der Waals surface area contributed by atoms with Crippen LogP contribution in [0.3, 0.4) is 0 Å². The van der Waals surface area contributed by atoms with Crippen LogP contribution < -0.4 is 10.0 Å². The topological polar surface area (TPSA) is 75.3 Å². The van der Waals surface area contributed by atoms with E-state index in [0.29, 0.717) is 12.2 Å². The molecule has 0 unspecified atom stereocenters. The number of amides is 1. The number of benzene rings is 1. The van der Waals surface area contributed by atoms with Gasteiger partial charge in [0.2, 0.25) is 15.9 Å². The van der Waals surface area contributed by atoms with E-state index in [9.17, 15) is 13.2 Å². The molecular weight excluding hydrogens is 252 g/mol. The van der Waals surface area contributed by atoms with E-state index in [0.717, 1.165) is 11.8 Å². The Morgan fingerprint density at radius 2 is 1.89 bits per heavy atom. The Bertz CT molecular complexity index is 533. The van der Waals surface area contributed by atoms with Gasteiger partial charge in [0.1, 0.15) is 0 Å². The first kappa shape index (κ1) is 14.2. The van der Waals surface area contributed by atoms with Crippen molar-refractivity contribution in [3.05, 3.63) is 35.9 Å². The molecule has 0 fully saturated rings. The van der Waals surface area contributed by atoms with Crippen molar-refractivity contribution in [2.45, 2.75) is 6.92 Å². The van der Waals surface area contributed by atoms with Gasteiger partial charge in [0.05, 0.1) is 6.26 Å². The van der Waals surface area contributed by atoms with E-state index in [1.807, 2.05) is 6.92 Å². The molecule has 0 aliphatic carbocycles. The standard InChI is InChI=1S/C12H16N2O3S/c1-3-13-12(15)9-6-10-4-7-11(8-5-10)14-18(2,16)17/h4-9,14H,3H2,1-2H3,(H,13,15)/b9-6+. The van der Waals surface area contributed by atoms with Gasteiger partial charge in [-0.3, -0.25) is 9.52 Å². The van der Waals surface area contributed by atoms with E-state index >= 15 is 0 Å². The number of anilines is 1. The molecule has 0 spiro atoms. The lowest BCUT2D eigenvalue weighted by atomic mass is 10.2. The zero-order valence-corrected chi connectivity index (χ0v) is 11.1. The van der Waals surface area contributed by atoms with Crippen molar-refractivity contribution < 1.29 is 13.2 Å². The third-order valence-electron chi connectivity index (χ3n) is 1.99. The number of sulfonamides is 1. The molecule has 98 valence electrons. The zero-order chi connectivity index (χ0) is 13.6. The molecule has 1 aromatic carbocycles. The zero-order valence-electron chi connectivity index (χ0n) is 10.3. The highest BCUT2D eigenvalue weighted by Crippen LogP contribution is 2.11. The fourth-order valence-corrected chi connectivity index (χ4v) is 1.85. The second kappa shape index (κ2) is 6.20. The van der Waals surface area contributed by atoms with Crippen molar-refractivity contribution in [3.8, 4) is 0 Å². The molecule has 0 bridgehead atoms. The van der Waals surface area contributed by atoms with Gasteiger partial charge < -0.3 is 5.32 Å². The van der Waals surface area contributed by atoms with Crippen molar-refractivity contribution in [3.63, 3.8) is 0 Å². The molecular formula is C12H16N2O3S. The Morgan fingerprint density at radius 1 is 1.28 bits per heavy atom. The van der Waals surface area contributed by atoms with Gasteiger partial charge in [-0.15, -0.1) is 0 Å². The van der Waals surface area contributed by atoms with Crippen LogP contribution in [0.25, 0.3) is 6.08 Å². The largest absolute Gasteiger partial charge is 0.353 e. The van der Waals surface area contributed by atoms with Gasteiger partial charge in [-0.05, 0) is 30.7 Å². The first-order valence-corrected chi connectivity index (χ1v) is 7.33. The van der Waals surface area contributed by atoms with Crippen LogP contribution in [0.5, 0.6) is 0 Å². The maximum atomic E-state index is 11.2. The van der Waals surface area contributed by atoms with Crippen LogP contribution in [-0.4, -0.2) is 27.1 Å². The maximum Gasteiger partial charge on any atom is 0.243 e. The summed E-state index contributed by atoms with van der Waals surface area (Å²) in [5.41, 5.74) is 1.31. The minimum absolute atomic E-state index is 0.157. The van der Waals surface area contributed by atoms with Crippen LogP contribution in [0.4, 0.5) is 5.69 Å². The second-order valence-corrected chi connectivity index (χ2v) is 5.47. The molecule has 0 heterocycles. The van der Waals surface area contributed by atoms with Crippen LogP contribution >= 0.6 is 0 Å². The van der Waals surface area contributed by atoms with Gasteiger partial charge in [0.25, 0.3) is 0 Å². The molecule has 0 atom stereocenters. The molecule has 1 aromatic rings. The molecule has 0 radical (unpaired) electrons. The summed E-state index contributed by atoms with van der Waals surface area (Å²) in [6.45, 7) is 2.43. The number of likely N-dealkylation sites (N-methyl/N-ethyl adjacent to an activating group) is 1. The molecule has 0 aromatic heterocycles. The highest BCUT2D eigenvalue weighted by atomic mass is 32.2. The molecule has 5 nitrogen and oxygen atoms in total. The number of hydrogen-bond donors (Lipinski definition) is 2. The molecule has 0 saturated carbocycles. The molecule has 6 heteroatoms. The highest BCUT2D eigenvalue weighted by Gasteiger charge is 2.00. The summed E-state index contributed by atoms with van der Waals surface area (Å²) in [5, 5.41) is 2.64. The lowest BCUT2D eigenvalue weighted by Crippen LogP contribution is -2.19. The first-order chi connectivity index (χ1) is 8.40. The monoisotopic (exact) mass is 268 g/mol. The average molecular weight is 268 g/mol. The Hall–Kier alpha value is -1.82. The smallest absolute Gasteiger partial charge is 0.243 e. The third-order valence-corrected chi connectivity index (χ3v) is 2.60. The number of nitrogens with one attached hydrogen (secondary N) is 2. The molecule has 2 N–H and O–H groups in total. The van der Waals surface area contributed by atoms with Gasteiger partial charge in [-0.2, -0.15) is 0 Å². The molecule has 1 amide bonds. The lowest BCUT2D eigenvalue weighted by Gasteiger charge is -2.03. The summed E-state index contributed by atoms with van der Waals surface area (Å²) < 4.78 is 24.4. The van der Waals surface area contributed by atoms with Crippen LogP contribution in [0, 0.1) is 0 Å². The van der Waals surface area contributed by atoms with Gasteiger partial charge in [-0.25, -0.2) is 8.42 Å². The Labute approximate surface area is 107 Å². The molecule has 18 heavy (non-hydrogen) atoms. The van der Waals surface area contributed by atoms with Crippen molar-refractivity contribution >= 4 is 27.7 Å². The number of hydrogen-bond acceptors (Lipinski definition) is 3. The minimum atomic E-state index is -3.26. The summed E-state index contributed by atoms with van der Waals surface area (Å²) in [6.07, 6.45) is 4.19. The lowest BCUT2D eigenvalue weighted by molar-refractivity contribution is -0.116. The van der Waals surface area contributed by atoms with Crippen LogP contribution in [0.1, 0.15) is 12.5 Å². The van der Waals surface area contributed by atoms with Crippen LogP contribution in [0.15, 0.2) is 30.3 Å². The summed E-state index contributed by atoms with van der Waals surface area (Å²) in [7, 11) is -3.26. The molecule has 1 rings (SSSR count). The normalized spacial score (nSPS) is 11.4. The fourth-order valence-electron chi connectivity index (χ4n) is 1.28. The van der Waals surface area contributed by atoms with E-state index < -0.39 is 10.0 Å². The number of carbonyl (C=O) groups excluding carboxylic acids is 1. The number of carbonyl (C=O) groups is 1. The Morgan fingerprint density at radius 3 is 2.39 bits per heavy atom. The predicted octanol–water partition coefficient (Wildman–Crippen LogP) is 1.21. The van der Waals surface area contributed by atoms with Crippen LogP contribution in [-0.2, 0) is 14.8 Å². The summed E-state index contributed by atoms with van der Waals surface area (Å²) in [6, 6.07) is 6.73. The average Bonchev–Trinajstić information content (AvgIpc) is 2.26. The van der Waals surface area contributed by atoms with Gasteiger partial charge in [0, 0.05) is 18.3 Å². The Balaban J connectivity index is 2.69. The minimum Gasteiger partial charge on any atom is -0.353 e. The van der Waals surface area contributed by atoms with Gasteiger partial charge >= 0.3 is 0 Å². The van der Waals surface area contributed by atoms with Crippen molar-refractivity contribution in [2.24, 2.45) is 0 Å². The summed E-state index contributed by atoms with van der Waals surface area (Å²) in [5.74, 6) is -0.157. The fraction of sp³-hybridized carbons (Fsp3) is 0.250. The van der Waals surface area contributed by atoms with Gasteiger partial charge in [0.15, 0.2) is 0 Å². The van der Waals surface area contributed by atoms with E-state index in [-0.39, 0.29) is 5.91 Å². The van der Waals surface area contributed by atoms with E-state index in [4.69, 9.17) is 0 Å².